The van der Waals surface area contributed by atoms with Gasteiger partial charge in [0.15, 0.2) is 0 Å². The molecular weight excluding hydrogens is 323 g/mol. The first-order valence-electron chi connectivity index (χ1n) is 6.81. The van der Waals surface area contributed by atoms with Gasteiger partial charge in [0.05, 0.1) is 18.9 Å². The lowest BCUT2D eigenvalue weighted by molar-refractivity contribution is 0.175. The molecule has 0 aliphatic heterocycles. The first-order chi connectivity index (χ1) is 11.0. The number of rotatable bonds is 5. The number of nitrogens with one attached hydrogen (secondary N) is 2. The lowest BCUT2D eigenvalue weighted by atomic mass is 10.1. The molecule has 23 heavy (non-hydrogen) atoms. The summed E-state index contributed by atoms with van der Waals surface area (Å²) in [6.07, 6.45) is -0.887. The van der Waals surface area contributed by atoms with Gasteiger partial charge >= 0.3 is 6.03 Å². The fourth-order valence-electron chi connectivity index (χ4n) is 1.89. The van der Waals surface area contributed by atoms with Gasteiger partial charge in [0.25, 0.3) is 0 Å². The molecule has 0 saturated carbocycles. The summed E-state index contributed by atoms with van der Waals surface area (Å²) < 4.78 is 18.6. The van der Waals surface area contributed by atoms with Gasteiger partial charge < -0.3 is 20.5 Å². The number of hydrogen-bond acceptors (Lipinski definition) is 3. The predicted octanol–water partition coefficient (Wildman–Crippen LogP) is 3.34. The van der Waals surface area contributed by atoms with Gasteiger partial charge in [-0.3, -0.25) is 0 Å². The summed E-state index contributed by atoms with van der Waals surface area (Å²) in [5.74, 6) is 0.0354. The van der Waals surface area contributed by atoms with Crippen LogP contribution in [0.1, 0.15) is 11.7 Å². The molecule has 0 bridgehead atoms. The molecule has 0 heterocycles. The maximum Gasteiger partial charge on any atom is 0.319 e. The van der Waals surface area contributed by atoms with E-state index in [9.17, 15) is 14.3 Å². The number of urea groups is 1. The SMILES string of the molecule is COc1ccc(C(O)CNC(=O)Nc2ccc(Cl)cc2F)cc1. The molecule has 1 atom stereocenters. The molecule has 3 N–H and O–H groups in total. The molecule has 7 heteroatoms. The molecule has 0 radical (unpaired) electrons. The standard InChI is InChI=1S/C16H16ClFN2O3/c1-23-12-5-2-10(3-6-12)15(21)9-19-16(22)20-14-7-4-11(17)8-13(14)18/h2-8,15,21H,9H2,1H3,(H2,19,20,22). The molecule has 2 aromatic carbocycles. The molecule has 1 unspecified atom stereocenters. The van der Waals surface area contributed by atoms with Gasteiger partial charge in [-0.05, 0) is 35.9 Å². The number of halogens is 2. The number of methoxy groups -OCH3 is 1. The Bertz CT molecular complexity index is 680. The summed E-state index contributed by atoms with van der Waals surface area (Å²) in [6, 6.07) is 10.1. The largest absolute Gasteiger partial charge is 0.497 e. The number of carbonyl (C=O) groups is 1. The third kappa shape index (κ3) is 4.84. The summed E-state index contributed by atoms with van der Waals surface area (Å²) in [5.41, 5.74) is 0.634. The van der Waals surface area contributed by atoms with Crippen molar-refractivity contribution in [3.05, 3.63) is 58.9 Å². The van der Waals surface area contributed by atoms with E-state index in [2.05, 4.69) is 10.6 Å². The Balaban J connectivity index is 1.87. The Morgan fingerprint density at radius 3 is 2.61 bits per heavy atom. The molecule has 5 nitrogen and oxygen atoms in total. The zero-order chi connectivity index (χ0) is 16.8. The third-order valence-corrected chi connectivity index (χ3v) is 3.37. The number of benzene rings is 2. The van der Waals surface area contributed by atoms with E-state index < -0.39 is 18.0 Å². The Kier molecular flexibility index (Phi) is 5.78. The number of anilines is 1. The second-order valence-electron chi connectivity index (χ2n) is 4.75. The van der Waals surface area contributed by atoms with Crippen LogP contribution in [0.4, 0.5) is 14.9 Å². The van der Waals surface area contributed by atoms with Gasteiger partial charge in [0.1, 0.15) is 11.6 Å². The Labute approximate surface area is 138 Å². The van der Waals surface area contributed by atoms with Crippen molar-refractivity contribution in [3.8, 4) is 5.75 Å². The number of hydrogen-bond donors (Lipinski definition) is 3. The van der Waals surface area contributed by atoms with Crippen molar-refractivity contribution in [2.45, 2.75) is 6.10 Å². The van der Waals surface area contributed by atoms with Crippen LogP contribution in [0.5, 0.6) is 5.75 Å². The van der Waals surface area contributed by atoms with Gasteiger partial charge in [-0.2, -0.15) is 0 Å². The smallest absolute Gasteiger partial charge is 0.319 e. The number of aliphatic hydroxyl groups is 1. The van der Waals surface area contributed by atoms with E-state index in [0.717, 1.165) is 6.07 Å². The summed E-state index contributed by atoms with van der Waals surface area (Å²) in [5, 5.41) is 15.1. The number of amides is 2. The normalized spacial score (nSPS) is 11.7. The molecular formula is C16H16ClFN2O3. The second-order valence-corrected chi connectivity index (χ2v) is 5.18. The molecule has 0 fully saturated rings. The van der Waals surface area contributed by atoms with E-state index in [1.807, 2.05) is 0 Å². The van der Waals surface area contributed by atoms with Crippen molar-refractivity contribution in [1.29, 1.82) is 0 Å². The van der Waals surface area contributed by atoms with Gasteiger partial charge in [-0.15, -0.1) is 0 Å². The van der Waals surface area contributed by atoms with Crippen molar-refractivity contribution >= 4 is 23.3 Å². The molecule has 2 rings (SSSR count). The van der Waals surface area contributed by atoms with Crippen molar-refractivity contribution in [1.82, 2.24) is 5.32 Å². The van der Waals surface area contributed by atoms with Crippen molar-refractivity contribution in [2.75, 3.05) is 19.0 Å². The Hall–Kier alpha value is -2.31. The highest BCUT2D eigenvalue weighted by Crippen LogP contribution is 2.19. The highest BCUT2D eigenvalue weighted by Gasteiger charge is 2.11. The van der Waals surface area contributed by atoms with Gasteiger partial charge in [-0.1, -0.05) is 23.7 Å². The molecule has 122 valence electrons. The van der Waals surface area contributed by atoms with Crippen LogP contribution in [0.15, 0.2) is 42.5 Å². The van der Waals surface area contributed by atoms with Crippen LogP contribution in [0, 0.1) is 5.82 Å². The minimum Gasteiger partial charge on any atom is -0.497 e. The minimum atomic E-state index is -0.887. The number of ether oxygens (including phenoxy) is 1. The predicted molar refractivity (Wildman–Crippen MR) is 86.4 cm³/mol. The highest BCUT2D eigenvalue weighted by molar-refractivity contribution is 6.30. The van der Waals surface area contributed by atoms with Crippen LogP contribution >= 0.6 is 11.6 Å². The van der Waals surface area contributed by atoms with Crippen molar-refractivity contribution in [3.63, 3.8) is 0 Å². The quantitative estimate of drug-likeness (QED) is 0.783. The van der Waals surface area contributed by atoms with E-state index in [-0.39, 0.29) is 17.3 Å². The fraction of sp³-hybridized carbons (Fsp3) is 0.188. The van der Waals surface area contributed by atoms with Gasteiger partial charge in [0.2, 0.25) is 0 Å². The zero-order valence-corrected chi connectivity index (χ0v) is 13.1. The first kappa shape index (κ1) is 17.1. The molecule has 0 spiro atoms. The monoisotopic (exact) mass is 338 g/mol. The lowest BCUT2D eigenvalue weighted by Crippen LogP contribution is -2.32. The van der Waals surface area contributed by atoms with Gasteiger partial charge in [0, 0.05) is 11.6 Å². The molecule has 2 aromatic rings. The van der Waals surface area contributed by atoms with Crippen LogP contribution in [-0.4, -0.2) is 24.8 Å². The zero-order valence-electron chi connectivity index (χ0n) is 12.3. The average molecular weight is 339 g/mol. The van der Waals surface area contributed by atoms with Crippen LogP contribution in [0.3, 0.4) is 0 Å². The van der Waals surface area contributed by atoms with Crippen LogP contribution in [0.25, 0.3) is 0 Å². The van der Waals surface area contributed by atoms with E-state index in [1.54, 1.807) is 31.4 Å². The second kappa shape index (κ2) is 7.80. The molecule has 0 aliphatic rings. The maximum absolute atomic E-state index is 13.6. The van der Waals surface area contributed by atoms with E-state index in [4.69, 9.17) is 16.3 Å². The summed E-state index contributed by atoms with van der Waals surface area (Å²) in [7, 11) is 1.55. The van der Waals surface area contributed by atoms with E-state index in [1.165, 1.54) is 12.1 Å². The lowest BCUT2D eigenvalue weighted by Gasteiger charge is -2.13. The third-order valence-electron chi connectivity index (χ3n) is 3.14. The van der Waals surface area contributed by atoms with E-state index >= 15 is 0 Å². The Morgan fingerprint density at radius 1 is 1.30 bits per heavy atom. The van der Waals surface area contributed by atoms with Crippen LogP contribution < -0.4 is 15.4 Å². The Morgan fingerprint density at radius 2 is 2.00 bits per heavy atom. The summed E-state index contributed by atoms with van der Waals surface area (Å²) in [4.78, 5) is 11.7. The summed E-state index contributed by atoms with van der Waals surface area (Å²) >= 11 is 5.64. The first-order valence-corrected chi connectivity index (χ1v) is 7.19. The van der Waals surface area contributed by atoms with Crippen LogP contribution in [0.2, 0.25) is 5.02 Å². The number of aliphatic hydroxyl groups excluding tert-OH is 1. The van der Waals surface area contributed by atoms with E-state index in [0.29, 0.717) is 11.3 Å². The van der Waals surface area contributed by atoms with Crippen molar-refractivity contribution in [2.24, 2.45) is 0 Å². The van der Waals surface area contributed by atoms with Gasteiger partial charge in [-0.25, -0.2) is 9.18 Å². The fourth-order valence-corrected chi connectivity index (χ4v) is 2.05. The molecule has 0 aliphatic carbocycles. The molecule has 0 aromatic heterocycles. The average Bonchev–Trinajstić information content (AvgIpc) is 2.55. The summed E-state index contributed by atoms with van der Waals surface area (Å²) in [6.45, 7) is -0.0205. The minimum absolute atomic E-state index is 0.00540. The topological polar surface area (TPSA) is 70.6 Å². The molecule has 0 saturated heterocycles. The highest BCUT2D eigenvalue weighted by atomic mass is 35.5. The number of carbonyl (C=O) groups excluding carboxylic acids is 1. The van der Waals surface area contributed by atoms with Crippen LogP contribution in [-0.2, 0) is 0 Å². The van der Waals surface area contributed by atoms with Crippen molar-refractivity contribution < 1.29 is 19.0 Å². The molecule has 2 amide bonds. The maximum atomic E-state index is 13.6.